The maximum absolute atomic E-state index is 4.78. The number of nitrogens with zero attached hydrogens (tertiary/aromatic N) is 1. The third-order valence-corrected chi connectivity index (χ3v) is 2.07. The van der Waals surface area contributed by atoms with Crippen LogP contribution in [-0.2, 0) is 0 Å². The number of thiocarbonyl (C=S) groups is 1. The molecule has 0 radical (unpaired) electrons. The van der Waals surface area contributed by atoms with Crippen LogP contribution in [0.3, 0.4) is 0 Å². The summed E-state index contributed by atoms with van der Waals surface area (Å²) in [7, 11) is 0. The summed E-state index contributed by atoms with van der Waals surface area (Å²) in [6.07, 6.45) is 0. The van der Waals surface area contributed by atoms with Gasteiger partial charge in [-0.25, -0.2) is 4.98 Å². The first-order valence-corrected chi connectivity index (χ1v) is 4.19. The van der Waals surface area contributed by atoms with E-state index in [2.05, 4.69) is 9.97 Å². The number of aryl methyl sites for hydroxylation is 1. The van der Waals surface area contributed by atoms with Crippen molar-refractivity contribution in [2.24, 2.45) is 0 Å². The van der Waals surface area contributed by atoms with Crippen LogP contribution in [0, 0.1) is 6.92 Å². The van der Waals surface area contributed by atoms with E-state index >= 15 is 0 Å². The summed E-state index contributed by atoms with van der Waals surface area (Å²) in [4.78, 5) is 7.43. The minimum Gasteiger partial charge on any atom is -0.338 e. The minimum absolute atomic E-state index is 0.759. The van der Waals surface area contributed by atoms with Crippen LogP contribution in [0.1, 0.15) is 11.4 Å². The zero-order valence-electron chi connectivity index (χ0n) is 6.66. The summed E-state index contributed by atoms with van der Waals surface area (Å²) in [5, 5.41) is 1.56. The first kappa shape index (κ1) is 7.43. The van der Waals surface area contributed by atoms with Gasteiger partial charge in [0.05, 0.1) is 11.0 Å². The minimum atomic E-state index is 0.759. The fourth-order valence-corrected chi connectivity index (χ4v) is 1.36. The van der Waals surface area contributed by atoms with Crippen LogP contribution in [0.2, 0.25) is 0 Å². The lowest BCUT2D eigenvalue weighted by molar-refractivity contribution is 1.31. The predicted molar refractivity (Wildman–Crippen MR) is 53.6 cm³/mol. The third kappa shape index (κ3) is 1.02. The van der Waals surface area contributed by atoms with E-state index in [0.29, 0.717) is 0 Å². The number of H-pyrrole nitrogens is 1. The van der Waals surface area contributed by atoms with Crippen LogP contribution in [0.4, 0.5) is 0 Å². The van der Waals surface area contributed by atoms with Gasteiger partial charge in [0.2, 0.25) is 0 Å². The van der Waals surface area contributed by atoms with Gasteiger partial charge in [-0.3, -0.25) is 0 Å². The molecule has 0 aliphatic rings. The Morgan fingerprint density at radius 3 is 3.00 bits per heavy atom. The van der Waals surface area contributed by atoms with Gasteiger partial charge >= 0.3 is 0 Å². The lowest BCUT2D eigenvalue weighted by atomic mass is 10.2. The van der Waals surface area contributed by atoms with Crippen molar-refractivity contribution in [2.75, 3.05) is 0 Å². The van der Waals surface area contributed by atoms with Gasteiger partial charge in [0.25, 0.3) is 0 Å². The first-order valence-electron chi connectivity index (χ1n) is 3.72. The molecule has 1 heterocycles. The molecular formula is C9H8N2S. The molecule has 0 amide bonds. The number of para-hydroxylation sites is 1. The Kier molecular flexibility index (Phi) is 1.66. The van der Waals surface area contributed by atoms with Crippen molar-refractivity contribution in [3.05, 3.63) is 29.6 Å². The highest BCUT2D eigenvalue weighted by Gasteiger charge is 2.00. The van der Waals surface area contributed by atoms with Crippen LogP contribution < -0.4 is 0 Å². The standard InChI is InChI=1S/C9H8N2S/c1-6-3-2-4-7-9(6)11-8(5-12)10-7/h2-5H,1H3,(H,10,11). The number of imidazole rings is 1. The van der Waals surface area contributed by atoms with Crippen molar-refractivity contribution in [3.8, 4) is 0 Å². The number of fused-ring (bicyclic) bond motifs is 1. The number of aromatic nitrogens is 2. The number of aromatic amines is 1. The SMILES string of the molecule is Cc1cccc2[nH]c(C=S)nc12. The van der Waals surface area contributed by atoms with Crippen molar-refractivity contribution < 1.29 is 0 Å². The Morgan fingerprint density at radius 2 is 2.33 bits per heavy atom. The second-order valence-electron chi connectivity index (χ2n) is 2.71. The van der Waals surface area contributed by atoms with E-state index in [-0.39, 0.29) is 0 Å². The highest BCUT2D eigenvalue weighted by molar-refractivity contribution is 7.79. The molecule has 0 aliphatic carbocycles. The number of nitrogens with one attached hydrogen (secondary N) is 1. The molecule has 0 atom stereocenters. The summed E-state index contributed by atoms with van der Waals surface area (Å²) in [6, 6.07) is 6.04. The van der Waals surface area contributed by atoms with Crippen LogP contribution in [0.5, 0.6) is 0 Å². The molecular weight excluding hydrogens is 168 g/mol. The monoisotopic (exact) mass is 176 g/mol. The predicted octanol–water partition coefficient (Wildman–Crippen LogP) is 2.22. The normalized spacial score (nSPS) is 10.4. The molecule has 0 saturated carbocycles. The Bertz CT molecular complexity index is 431. The van der Waals surface area contributed by atoms with Crippen molar-refractivity contribution in [2.45, 2.75) is 6.92 Å². The lowest BCUT2D eigenvalue weighted by Crippen LogP contribution is -1.78. The fraction of sp³-hybridized carbons (Fsp3) is 0.111. The van der Waals surface area contributed by atoms with Gasteiger partial charge in [-0.2, -0.15) is 0 Å². The Balaban J connectivity index is 2.82. The molecule has 1 aromatic heterocycles. The highest BCUT2D eigenvalue weighted by Crippen LogP contribution is 2.14. The van der Waals surface area contributed by atoms with Gasteiger partial charge in [-0.05, 0) is 18.6 Å². The first-order chi connectivity index (χ1) is 5.81. The molecule has 0 saturated heterocycles. The Hall–Kier alpha value is -1.22. The molecule has 60 valence electrons. The van der Waals surface area contributed by atoms with Crippen LogP contribution in [0.15, 0.2) is 18.2 Å². The van der Waals surface area contributed by atoms with Crippen molar-refractivity contribution in [3.63, 3.8) is 0 Å². The fourth-order valence-electron chi connectivity index (χ4n) is 1.25. The summed E-state index contributed by atoms with van der Waals surface area (Å²) < 4.78 is 0. The highest BCUT2D eigenvalue weighted by atomic mass is 32.1. The molecule has 2 rings (SSSR count). The van der Waals surface area contributed by atoms with Gasteiger partial charge in [0.15, 0.2) is 0 Å². The summed E-state index contributed by atoms with van der Waals surface area (Å²) >= 11 is 4.78. The van der Waals surface area contributed by atoms with Gasteiger partial charge < -0.3 is 4.98 Å². The van der Waals surface area contributed by atoms with Gasteiger partial charge in [0, 0.05) is 5.37 Å². The van der Waals surface area contributed by atoms with Crippen LogP contribution >= 0.6 is 12.2 Å². The molecule has 0 fully saturated rings. The molecule has 12 heavy (non-hydrogen) atoms. The van der Waals surface area contributed by atoms with E-state index in [0.717, 1.165) is 16.9 Å². The lowest BCUT2D eigenvalue weighted by Gasteiger charge is -1.90. The van der Waals surface area contributed by atoms with Gasteiger partial charge in [-0.1, -0.05) is 24.4 Å². The molecule has 1 aromatic carbocycles. The Labute approximate surface area is 75.6 Å². The van der Waals surface area contributed by atoms with Crippen molar-refractivity contribution >= 4 is 28.6 Å². The van der Waals surface area contributed by atoms with E-state index in [1.165, 1.54) is 5.56 Å². The van der Waals surface area contributed by atoms with E-state index in [9.17, 15) is 0 Å². The molecule has 3 heteroatoms. The number of hydrogen-bond acceptors (Lipinski definition) is 2. The van der Waals surface area contributed by atoms with Crippen molar-refractivity contribution in [1.29, 1.82) is 0 Å². The molecule has 2 aromatic rings. The van der Waals surface area contributed by atoms with Crippen molar-refractivity contribution in [1.82, 2.24) is 9.97 Å². The quantitative estimate of drug-likeness (QED) is 0.675. The molecule has 1 N–H and O–H groups in total. The summed E-state index contributed by atoms with van der Waals surface area (Å²) in [5.41, 5.74) is 3.23. The van der Waals surface area contributed by atoms with E-state index in [1.807, 2.05) is 25.1 Å². The number of benzene rings is 1. The zero-order valence-corrected chi connectivity index (χ0v) is 7.48. The maximum atomic E-state index is 4.78. The molecule has 0 unspecified atom stereocenters. The summed E-state index contributed by atoms with van der Waals surface area (Å²) in [5.74, 6) is 0.759. The van der Waals surface area contributed by atoms with E-state index in [4.69, 9.17) is 12.2 Å². The third-order valence-electron chi connectivity index (χ3n) is 1.84. The maximum Gasteiger partial charge on any atom is 0.142 e. The second-order valence-corrected chi connectivity index (χ2v) is 2.95. The Morgan fingerprint density at radius 1 is 1.50 bits per heavy atom. The average molecular weight is 176 g/mol. The average Bonchev–Trinajstić information content (AvgIpc) is 2.49. The van der Waals surface area contributed by atoms with E-state index < -0.39 is 0 Å². The van der Waals surface area contributed by atoms with Crippen LogP contribution in [0.25, 0.3) is 11.0 Å². The molecule has 2 nitrogen and oxygen atoms in total. The molecule has 0 spiro atoms. The second kappa shape index (κ2) is 2.68. The smallest absolute Gasteiger partial charge is 0.142 e. The van der Waals surface area contributed by atoms with Crippen LogP contribution in [-0.4, -0.2) is 15.3 Å². The zero-order chi connectivity index (χ0) is 8.55. The van der Waals surface area contributed by atoms with Gasteiger partial charge in [0.1, 0.15) is 5.82 Å². The molecule has 0 bridgehead atoms. The topological polar surface area (TPSA) is 28.7 Å². The number of rotatable bonds is 1. The number of hydrogen-bond donors (Lipinski definition) is 1. The van der Waals surface area contributed by atoms with E-state index in [1.54, 1.807) is 5.37 Å². The summed E-state index contributed by atoms with van der Waals surface area (Å²) in [6.45, 7) is 2.04. The molecule has 0 aliphatic heterocycles. The van der Waals surface area contributed by atoms with Gasteiger partial charge in [-0.15, -0.1) is 0 Å². The largest absolute Gasteiger partial charge is 0.338 e.